The summed E-state index contributed by atoms with van der Waals surface area (Å²) >= 11 is 0. The van der Waals surface area contributed by atoms with Gasteiger partial charge in [-0.15, -0.1) is 0 Å². The molecule has 0 radical (unpaired) electrons. The van der Waals surface area contributed by atoms with E-state index in [1.807, 2.05) is 0 Å². The van der Waals surface area contributed by atoms with Crippen molar-refractivity contribution in [2.75, 3.05) is 7.11 Å². The molecule has 2 aromatic heterocycles. The van der Waals surface area contributed by atoms with Gasteiger partial charge >= 0.3 is 5.97 Å². The first kappa shape index (κ1) is 9.39. The van der Waals surface area contributed by atoms with Crippen LogP contribution < -0.4 is 0 Å². The van der Waals surface area contributed by atoms with E-state index in [1.54, 1.807) is 18.5 Å². The summed E-state index contributed by atoms with van der Waals surface area (Å²) in [6, 6.07) is 1.66. The standard InChI is InChI=1S/C10H8N2O3/c1-15-10(14)9-6-2-3-11-4-7(6)12-8(9)5-13/h2-5,12H,1H3. The summed E-state index contributed by atoms with van der Waals surface area (Å²) in [7, 11) is 1.27. The van der Waals surface area contributed by atoms with Crippen molar-refractivity contribution in [2.24, 2.45) is 0 Å². The second-order valence-corrected chi connectivity index (χ2v) is 2.94. The Morgan fingerprint density at radius 2 is 2.40 bits per heavy atom. The molecule has 0 spiro atoms. The third kappa shape index (κ3) is 1.38. The van der Waals surface area contributed by atoms with Crippen LogP contribution in [-0.4, -0.2) is 29.3 Å². The molecule has 0 fully saturated rings. The lowest BCUT2D eigenvalue weighted by Crippen LogP contribution is -2.03. The van der Waals surface area contributed by atoms with Gasteiger partial charge in [-0.3, -0.25) is 9.78 Å². The number of hydrogen-bond donors (Lipinski definition) is 1. The Morgan fingerprint density at radius 3 is 3.07 bits per heavy atom. The number of carbonyl (C=O) groups is 2. The van der Waals surface area contributed by atoms with Gasteiger partial charge in [0.05, 0.1) is 30.1 Å². The van der Waals surface area contributed by atoms with E-state index >= 15 is 0 Å². The lowest BCUT2D eigenvalue weighted by atomic mass is 10.1. The van der Waals surface area contributed by atoms with Crippen molar-refractivity contribution >= 4 is 23.2 Å². The summed E-state index contributed by atoms with van der Waals surface area (Å²) in [4.78, 5) is 28.9. The molecule has 2 heterocycles. The first-order valence-electron chi connectivity index (χ1n) is 4.27. The molecule has 76 valence electrons. The maximum Gasteiger partial charge on any atom is 0.340 e. The van der Waals surface area contributed by atoms with Crippen molar-refractivity contribution in [2.45, 2.75) is 0 Å². The highest BCUT2D eigenvalue weighted by molar-refractivity contribution is 6.09. The molecule has 0 unspecified atom stereocenters. The van der Waals surface area contributed by atoms with Gasteiger partial charge in [-0.2, -0.15) is 0 Å². The third-order valence-corrected chi connectivity index (χ3v) is 2.14. The minimum absolute atomic E-state index is 0.213. The number of pyridine rings is 1. The van der Waals surface area contributed by atoms with E-state index in [4.69, 9.17) is 0 Å². The number of aromatic amines is 1. The summed E-state index contributed by atoms with van der Waals surface area (Å²) in [6.07, 6.45) is 3.69. The number of methoxy groups -OCH3 is 1. The van der Waals surface area contributed by atoms with E-state index in [9.17, 15) is 9.59 Å². The fourth-order valence-corrected chi connectivity index (χ4v) is 1.48. The molecular weight excluding hydrogens is 196 g/mol. The molecule has 0 aliphatic carbocycles. The largest absolute Gasteiger partial charge is 0.465 e. The SMILES string of the molecule is COC(=O)c1c(C=O)[nH]c2cnccc12. The van der Waals surface area contributed by atoms with Crippen LogP contribution in [0.3, 0.4) is 0 Å². The van der Waals surface area contributed by atoms with Crippen LogP contribution in [0.2, 0.25) is 0 Å². The smallest absolute Gasteiger partial charge is 0.340 e. The lowest BCUT2D eigenvalue weighted by Gasteiger charge is -1.96. The maximum absolute atomic E-state index is 11.4. The Balaban J connectivity index is 2.78. The number of rotatable bonds is 2. The molecular formula is C10H8N2O3. The van der Waals surface area contributed by atoms with E-state index in [1.165, 1.54) is 7.11 Å². The van der Waals surface area contributed by atoms with Gasteiger partial charge < -0.3 is 9.72 Å². The number of carbonyl (C=O) groups excluding carboxylic acids is 2. The average molecular weight is 204 g/mol. The number of esters is 1. The van der Waals surface area contributed by atoms with Crippen molar-refractivity contribution in [3.63, 3.8) is 0 Å². The normalized spacial score (nSPS) is 10.2. The summed E-state index contributed by atoms with van der Waals surface area (Å²) in [6.45, 7) is 0. The highest BCUT2D eigenvalue weighted by atomic mass is 16.5. The molecule has 0 bridgehead atoms. The van der Waals surface area contributed by atoms with E-state index in [0.29, 0.717) is 17.2 Å². The van der Waals surface area contributed by atoms with Crippen LogP contribution in [0.4, 0.5) is 0 Å². The zero-order valence-corrected chi connectivity index (χ0v) is 7.98. The van der Waals surface area contributed by atoms with E-state index < -0.39 is 5.97 Å². The average Bonchev–Trinajstić information content (AvgIpc) is 2.66. The van der Waals surface area contributed by atoms with Crippen molar-refractivity contribution in [3.05, 3.63) is 29.7 Å². The quantitative estimate of drug-likeness (QED) is 0.588. The van der Waals surface area contributed by atoms with Gasteiger partial charge in [0.2, 0.25) is 0 Å². The predicted octanol–water partition coefficient (Wildman–Crippen LogP) is 1.16. The summed E-state index contributed by atoms with van der Waals surface area (Å²) in [5.41, 5.74) is 1.11. The van der Waals surface area contributed by atoms with Crippen molar-refractivity contribution in [1.82, 2.24) is 9.97 Å². The second kappa shape index (κ2) is 3.53. The van der Waals surface area contributed by atoms with E-state index in [0.717, 1.165) is 0 Å². The zero-order chi connectivity index (χ0) is 10.8. The highest BCUT2D eigenvalue weighted by Gasteiger charge is 2.18. The predicted molar refractivity (Wildman–Crippen MR) is 52.8 cm³/mol. The number of hydrogen-bond acceptors (Lipinski definition) is 4. The molecule has 5 nitrogen and oxygen atoms in total. The van der Waals surface area contributed by atoms with Crippen LogP contribution >= 0.6 is 0 Å². The molecule has 15 heavy (non-hydrogen) atoms. The summed E-state index contributed by atoms with van der Waals surface area (Å²) in [5.74, 6) is -0.533. The van der Waals surface area contributed by atoms with Crippen LogP contribution in [-0.2, 0) is 4.74 Å². The van der Waals surface area contributed by atoms with Crippen molar-refractivity contribution in [1.29, 1.82) is 0 Å². The Kier molecular flexibility index (Phi) is 2.21. The van der Waals surface area contributed by atoms with E-state index in [-0.39, 0.29) is 11.3 Å². The molecule has 0 aromatic carbocycles. The molecule has 0 aliphatic rings. The van der Waals surface area contributed by atoms with Gasteiger partial charge in [-0.05, 0) is 6.07 Å². The first-order chi connectivity index (χ1) is 7.27. The molecule has 0 saturated heterocycles. The summed E-state index contributed by atoms with van der Waals surface area (Å²) in [5, 5.41) is 0.638. The Hall–Kier alpha value is -2.17. The van der Waals surface area contributed by atoms with E-state index in [2.05, 4.69) is 14.7 Å². The fraction of sp³-hybridized carbons (Fsp3) is 0.100. The number of aldehydes is 1. The number of H-pyrrole nitrogens is 1. The first-order valence-corrected chi connectivity index (χ1v) is 4.27. The van der Waals surface area contributed by atoms with Gasteiger partial charge in [0, 0.05) is 11.6 Å². The minimum Gasteiger partial charge on any atom is -0.465 e. The number of aromatic nitrogens is 2. The second-order valence-electron chi connectivity index (χ2n) is 2.94. The molecule has 5 heteroatoms. The van der Waals surface area contributed by atoms with Crippen LogP contribution in [0.1, 0.15) is 20.8 Å². The van der Waals surface area contributed by atoms with Crippen LogP contribution in [0.5, 0.6) is 0 Å². The van der Waals surface area contributed by atoms with Gasteiger partial charge in [0.15, 0.2) is 6.29 Å². The Labute approximate surface area is 85.1 Å². The topological polar surface area (TPSA) is 72.1 Å². The fourth-order valence-electron chi connectivity index (χ4n) is 1.48. The zero-order valence-electron chi connectivity index (χ0n) is 7.98. The Bertz CT molecular complexity index is 530. The Morgan fingerprint density at radius 1 is 1.60 bits per heavy atom. The van der Waals surface area contributed by atoms with Gasteiger partial charge in [-0.25, -0.2) is 4.79 Å². The molecule has 2 rings (SSSR count). The van der Waals surface area contributed by atoms with Crippen LogP contribution in [0.15, 0.2) is 18.5 Å². The van der Waals surface area contributed by atoms with Crippen molar-refractivity contribution < 1.29 is 14.3 Å². The summed E-state index contributed by atoms with van der Waals surface area (Å²) < 4.78 is 4.61. The third-order valence-electron chi connectivity index (χ3n) is 2.14. The number of ether oxygens (including phenoxy) is 1. The van der Waals surface area contributed by atoms with Gasteiger partial charge in [0.25, 0.3) is 0 Å². The molecule has 0 atom stereocenters. The van der Waals surface area contributed by atoms with Gasteiger partial charge in [-0.1, -0.05) is 0 Å². The number of nitrogens with zero attached hydrogens (tertiary/aromatic N) is 1. The molecule has 1 N–H and O–H groups in total. The molecule has 0 aliphatic heterocycles. The molecule has 0 saturated carbocycles. The monoisotopic (exact) mass is 204 g/mol. The number of fused-ring (bicyclic) bond motifs is 1. The molecule has 0 amide bonds. The molecule has 2 aromatic rings. The van der Waals surface area contributed by atoms with Gasteiger partial charge in [0.1, 0.15) is 0 Å². The van der Waals surface area contributed by atoms with Crippen LogP contribution in [0, 0.1) is 0 Å². The van der Waals surface area contributed by atoms with Crippen LogP contribution in [0.25, 0.3) is 10.9 Å². The number of nitrogens with one attached hydrogen (secondary N) is 1. The highest BCUT2D eigenvalue weighted by Crippen LogP contribution is 2.20. The van der Waals surface area contributed by atoms with Crippen molar-refractivity contribution in [3.8, 4) is 0 Å². The maximum atomic E-state index is 11.4. The minimum atomic E-state index is -0.533. The lowest BCUT2D eigenvalue weighted by molar-refractivity contribution is 0.0600.